The first-order chi connectivity index (χ1) is 6.15. The molecule has 0 amide bonds. The van der Waals surface area contributed by atoms with Crippen molar-refractivity contribution in [2.45, 2.75) is 46.5 Å². The van der Waals surface area contributed by atoms with Gasteiger partial charge in [-0.05, 0) is 44.4 Å². The van der Waals surface area contributed by atoms with Crippen LogP contribution < -0.4 is 0 Å². The van der Waals surface area contributed by atoms with Gasteiger partial charge in [-0.25, -0.2) is 0 Å². The maximum absolute atomic E-state index is 3.81. The molecule has 0 N–H and O–H groups in total. The minimum Gasteiger partial charge on any atom is -0.103 e. The molecule has 0 heteroatoms. The second kappa shape index (κ2) is 4.64. The molecule has 0 aromatic heterocycles. The number of allylic oxidation sites excluding steroid dienone is 3. The second-order valence-corrected chi connectivity index (χ2v) is 4.62. The lowest BCUT2D eigenvalue weighted by Gasteiger charge is -2.28. The summed E-state index contributed by atoms with van der Waals surface area (Å²) in [6, 6.07) is 0. The molecule has 0 unspecified atom stereocenters. The van der Waals surface area contributed by atoms with Crippen molar-refractivity contribution in [3.63, 3.8) is 0 Å². The Morgan fingerprint density at radius 1 is 1.54 bits per heavy atom. The molecule has 0 saturated heterocycles. The molecule has 0 nitrogen and oxygen atoms in total. The van der Waals surface area contributed by atoms with Gasteiger partial charge in [0.1, 0.15) is 0 Å². The van der Waals surface area contributed by atoms with Crippen LogP contribution in [-0.2, 0) is 0 Å². The van der Waals surface area contributed by atoms with Crippen molar-refractivity contribution in [3.8, 4) is 0 Å². The van der Waals surface area contributed by atoms with Crippen molar-refractivity contribution in [2.75, 3.05) is 0 Å². The van der Waals surface area contributed by atoms with Gasteiger partial charge in [0.05, 0.1) is 0 Å². The van der Waals surface area contributed by atoms with Crippen molar-refractivity contribution < 1.29 is 0 Å². The molecule has 0 bridgehead atoms. The van der Waals surface area contributed by atoms with E-state index in [1.54, 1.807) is 11.1 Å². The van der Waals surface area contributed by atoms with E-state index in [2.05, 4.69) is 27.4 Å². The first-order valence-electron chi connectivity index (χ1n) is 5.43. The fourth-order valence-electron chi connectivity index (χ4n) is 2.23. The van der Waals surface area contributed by atoms with Crippen LogP contribution in [0.15, 0.2) is 23.8 Å². The van der Waals surface area contributed by atoms with Crippen LogP contribution in [0.2, 0.25) is 0 Å². The summed E-state index contributed by atoms with van der Waals surface area (Å²) in [5.41, 5.74) is 3.27. The van der Waals surface area contributed by atoms with Crippen LogP contribution in [0, 0.1) is 11.8 Å². The van der Waals surface area contributed by atoms with Crippen molar-refractivity contribution in [3.05, 3.63) is 23.8 Å². The molecular weight excluding hydrogens is 156 g/mol. The van der Waals surface area contributed by atoms with Crippen molar-refractivity contribution in [1.29, 1.82) is 0 Å². The standard InChI is InChI=1S/C13H22/c1-5-6-12-7-8-13(10(2)3)9-11(12)4/h5,10,13H,1,6-9H2,2-4H3/t13-/m0/s1. The molecule has 0 aromatic carbocycles. The monoisotopic (exact) mass is 178 g/mol. The highest BCUT2D eigenvalue weighted by molar-refractivity contribution is 5.18. The van der Waals surface area contributed by atoms with E-state index in [0.29, 0.717) is 0 Å². The quantitative estimate of drug-likeness (QED) is 0.564. The molecule has 0 aliphatic heterocycles. The normalized spacial score (nSPS) is 23.8. The molecule has 0 heterocycles. The molecule has 1 rings (SSSR count). The highest BCUT2D eigenvalue weighted by atomic mass is 14.3. The minimum absolute atomic E-state index is 0.847. The zero-order chi connectivity index (χ0) is 9.84. The molecule has 0 radical (unpaired) electrons. The average molecular weight is 178 g/mol. The van der Waals surface area contributed by atoms with Crippen LogP contribution in [0.1, 0.15) is 46.5 Å². The summed E-state index contributed by atoms with van der Waals surface area (Å²) in [6.45, 7) is 10.8. The third-order valence-electron chi connectivity index (χ3n) is 3.32. The average Bonchev–Trinajstić information content (AvgIpc) is 2.08. The molecule has 0 spiro atoms. The summed E-state index contributed by atoms with van der Waals surface area (Å²) in [5.74, 6) is 1.77. The van der Waals surface area contributed by atoms with Crippen LogP contribution in [0.5, 0.6) is 0 Å². The molecule has 0 aromatic rings. The summed E-state index contributed by atoms with van der Waals surface area (Å²) in [6.07, 6.45) is 7.16. The zero-order valence-corrected chi connectivity index (χ0v) is 9.27. The number of hydrogen-bond acceptors (Lipinski definition) is 0. The van der Waals surface area contributed by atoms with E-state index in [-0.39, 0.29) is 0 Å². The van der Waals surface area contributed by atoms with Gasteiger partial charge in [-0.1, -0.05) is 31.1 Å². The van der Waals surface area contributed by atoms with E-state index in [9.17, 15) is 0 Å². The van der Waals surface area contributed by atoms with E-state index in [1.165, 1.54) is 19.3 Å². The van der Waals surface area contributed by atoms with Gasteiger partial charge in [-0.3, -0.25) is 0 Å². The Morgan fingerprint density at radius 2 is 2.23 bits per heavy atom. The molecule has 1 aliphatic rings. The van der Waals surface area contributed by atoms with Gasteiger partial charge in [-0.15, -0.1) is 6.58 Å². The largest absolute Gasteiger partial charge is 0.103 e. The molecule has 0 saturated carbocycles. The summed E-state index contributed by atoms with van der Waals surface area (Å²) < 4.78 is 0. The fourth-order valence-corrected chi connectivity index (χ4v) is 2.23. The Morgan fingerprint density at radius 3 is 2.69 bits per heavy atom. The van der Waals surface area contributed by atoms with Crippen molar-refractivity contribution >= 4 is 0 Å². The zero-order valence-electron chi connectivity index (χ0n) is 9.27. The van der Waals surface area contributed by atoms with Gasteiger partial charge in [-0.2, -0.15) is 0 Å². The fraction of sp³-hybridized carbons (Fsp3) is 0.692. The second-order valence-electron chi connectivity index (χ2n) is 4.62. The third-order valence-corrected chi connectivity index (χ3v) is 3.32. The van der Waals surface area contributed by atoms with Gasteiger partial charge < -0.3 is 0 Å². The van der Waals surface area contributed by atoms with Gasteiger partial charge in [0.25, 0.3) is 0 Å². The molecule has 0 fully saturated rings. The van der Waals surface area contributed by atoms with Gasteiger partial charge in [0.15, 0.2) is 0 Å². The van der Waals surface area contributed by atoms with Gasteiger partial charge >= 0.3 is 0 Å². The lowest BCUT2D eigenvalue weighted by Crippen LogP contribution is -2.14. The third kappa shape index (κ3) is 2.72. The Labute approximate surface area is 82.7 Å². The maximum atomic E-state index is 3.81. The molecular formula is C13H22. The van der Waals surface area contributed by atoms with Crippen LogP contribution in [0.4, 0.5) is 0 Å². The topological polar surface area (TPSA) is 0 Å². The van der Waals surface area contributed by atoms with Crippen molar-refractivity contribution in [2.24, 2.45) is 11.8 Å². The Balaban J connectivity index is 2.60. The Bertz CT molecular complexity index is 208. The predicted octanol–water partition coefficient (Wildman–Crippen LogP) is 4.34. The molecule has 13 heavy (non-hydrogen) atoms. The SMILES string of the molecule is C=CCC1=C(C)C[C@@H](C(C)C)CC1. The number of hydrogen-bond donors (Lipinski definition) is 0. The lowest BCUT2D eigenvalue weighted by molar-refractivity contribution is 0.340. The number of rotatable bonds is 3. The van der Waals surface area contributed by atoms with E-state index >= 15 is 0 Å². The predicted molar refractivity (Wildman–Crippen MR) is 59.7 cm³/mol. The first kappa shape index (κ1) is 10.6. The van der Waals surface area contributed by atoms with E-state index in [0.717, 1.165) is 18.3 Å². The van der Waals surface area contributed by atoms with E-state index in [4.69, 9.17) is 0 Å². The molecule has 74 valence electrons. The Kier molecular flexibility index (Phi) is 3.77. The molecule has 1 aliphatic carbocycles. The van der Waals surface area contributed by atoms with Crippen LogP contribution in [0.25, 0.3) is 0 Å². The first-order valence-corrected chi connectivity index (χ1v) is 5.43. The lowest BCUT2D eigenvalue weighted by atomic mass is 9.78. The molecule has 1 atom stereocenters. The smallest absolute Gasteiger partial charge is 0.0139 e. The Hall–Kier alpha value is -0.520. The maximum Gasteiger partial charge on any atom is -0.0139 e. The van der Waals surface area contributed by atoms with Crippen LogP contribution in [-0.4, -0.2) is 0 Å². The van der Waals surface area contributed by atoms with E-state index < -0.39 is 0 Å². The van der Waals surface area contributed by atoms with Crippen LogP contribution in [0.3, 0.4) is 0 Å². The minimum atomic E-state index is 0.847. The summed E-state index contributed by atoms with van der Waals surface area (Å²) >= 11 is 0. The highest BCUT2D eigenvalue weighted by Gasteiger charge is 2.20. The summed E-state index contributed by atoms with van der Waals surface area (Å²) in [5, 5.41) is 0. The van der Waals surface area contributed by atoms with Gasteiger partial charge in [0.2, 0.25) is 0 Å². The highest BCUT2D eigenvalue weighted by Crippen LogP contribution is 2.34. The summed E-state index contributed by atoms with van der Waals surface area (Å²) in [7, 11) is 0. The van der Waals surface area contributed by atoms with Crippen molar-refractivity contribution in [1.82, 2.24) is 0 Å². The summed E-state index contributed by atoms with van der Waals surface area (Å²) in [4.78, 5) is 0. The van der Waals surface area contributed by atoms with E-state index in [1.807, 2.05) is 6.08 Å². The van der Waals surface area contributed by atoms with Gasteiger partial charge in [0, 0.05) is 0 Å². The van der Waals surface area contributed by atoms with Crippen LogP contribution >= 0.6 is 0 Å².